The van der Waals surface area contributed by atoms with Crippen molar-refractivity contribution in [2.24, 2.45) is 0 Å². The Balaban J connectivity index is 2.46. The van der Waals surface area contributed by atoms with Gasteiger partial charge in [-0.2, -0.15) is 5.26 Å². The maximum atomic E-state index is 8.78. The van der Waals surface area contributed by atoms with Crippen LogP contribution in [0.5, 0.6) is 0 Å². The van der Waals surface area contributed by atoms with Gasteiger partial charge in [-0.1, -0.05) is 18.2 Å². The van der Waals surface area contributed by atoms with Crippen LogP contribution in [0.15, 0.2) is 42.6 Å². The zero-order valence-electron chi connectivity index (χ0n) is 8.44. The van der Waals surface area contributed by atoms with Crippen LogP contribution in [0.3, 0.4) is 0 Å². The first kappa shape index (κ1) is 9.42. The van der Waals surface area contributed by atoms with Crippen molar-refractivity contribution in [3.05, 3.63) is 53.7 Å². The third-order valence-electron chi connectivity index (χ3n) is 2.20. The Morgan fingerprint density at radius 3 is 2.73 bits per heavy atom. The SMILES string of the molecule is Cc1ccc(-c2cccc(C#N)c2)nc1. The van der Waals surface area contributed by atoms with E-state index in [0.717, 1.165) is 16.8 Å². The van der Waals surface area contributed by atoms with Crippen LogP contribution in [0.2, 0.25) is 0 Å². The van der Waals surface area contributed by atoms with Crippen molar-refractivity contribution in [1.82, 2.24) is 4.98 Å². The Labute approximate surface area is 88.8 Å². The molecule has 0 aliphatic heterocycles. The van der Waals surface area contributed by atoms with Gasteiger partial charge in [-0.15, -0.1) is 0 Å². The topological polar surface area (TPSA) is 36.7 Å². The van der Waals surface area contributed by atoms with Crippen molar-refractivity contribution >= 4 is 0 Å². The van der Waals surface area contributed by atoms with Crippen LogP contribution >= 0.6 is 0 Å². The smallest absolute Gasteiger partial charge is 0.0991 e. The number of aryl methyl sites for hydroxylation is 1. The Bertz CT molecular complexity index is 507. The van der Waals surface area contributed by atoms with Gasteiger partial charge in [0.05, 0.1) is 17.3 Å². The number of rotatable bonds is 1. The molecule has 0 amide bonds. The number of nitriles is 1. The molecule has 0 saturated heterocycles. The number of nitrogens with zero attached hydrogens (tertiary/aromatic N) is 2. The van der Waals surface area contributed by atoms with Crippen LogP contribution in [0.25, 0.3) is 11.3 Å². The minimum atomic E-state index is 0.662. The van der Waals surface area contributed by atoms with Crippen LogP contribution in [-0.4, -0.2) is 4.98 Å². The van der Waals surface area contributed by atoms with Crippen molar-refractivity contribution in [3.63, 3.8) is 0 Å². The Kier molecular flexibility index (Phi) is 2.47. The summed E-state index contributed by atoms with van der Waals surface area (Å²) in [5.74, 6) is 0. The van der Waals surface area contributed by atoms with E-state index in [1.165, 1.54) is 0 Å². The van der Waals surface area contributed by atoms with Crippen LogP contribution in [0.1, 0.15) is 11.1 Å². The summed E-state index contributed by atoms with van der Waals surface area (Å²) in [5.41, 5.74) is 3.68. The predicted octanol–water partition coefficient (Wildman–Crippen LogP) is 2.93. The Hall–Kier alpha value is -2.14. The van der Waals surface area contributed by atoms with Gasteiger partial charge in [-0.3, -0.25) is 4.98 Å². The maximum absolute atomic E-state index is 8.78. The summed E-state index contributed by atoms with van der Waals surface area (Å²) >= 11 is 0. The van der Waals surface area contributed by atoms with Gasteiger partial charge < -0.3 is 0 Å². The highest BCUT2D eigenvalue weighted by Crippen LogP contribution is 2.17. The van der Waals surface area contributed by atoms with Crippen molar-refractivity contribution in [2.45, 2.75) is 6.92 Å². The summed E-state index contributed by atoms with van der Waals surface area (Å²) < 4.78 is 0. The van der Waals surface area contributed by atoms with E-state index in [4.69, 9.17) is 5.26 Å². The highest BCUT2D eigenvalue weighted by atomic mass is 14.7. The molecule has 0 radical (unpaired) electrons. The number of hydrogen-bond donors (Lipinski definition) is 0. The monoisotopic (exact) mass is 194 g/mol. The van der Waals surface area contributed by atoms with Gasteiger partial charge in [0.25, 0.3) is 0 Å². The van der Waals surface area contributed by atoms with E-state index in [1.807, 2.05) is 43.5 Å². The highest BCUT2D eigenvalue weighted by molar-refractivity contribution is 5.61. The van der Waals surface area contributed by atoms with Gasteiger partial charge in [-0.25, -0.2) is 0 Å². The number of aromatic nitrogens is 1. The molecule has 2 rings (SSSR count). The molecule has 2 aromatic rings. The zero-order valence-corrected chi connectivity index (χ0v) is 8.44. The summed E-state index contributed by atoms with van der Waals surface area (Å²) in [6.45, 7) is 2.00. The molecule has 0 fully saturated rings. The van der Waals surface area contributed by atoms with Crippen molar-refractivity contribution in [3.8, 4) is 17.3 Å². The fraction of sp³-hybridized carbons (Fsp3) is 0.0769. The average molecular weight is 194 g/mol. The molecule has 0 spiro atoms. The van der Waals surface area contributed by atoms with E-state index in [-0.39, 0.29) is 0 Å². The van der Waals surface area contributed by atoms with E-state index >= 15 is 0 Å². The van der Waals surface area contributed by atoms with Crippen LogP contribution < -0.4 is 0 Å². The molecule has 1 aromatic heterocycles. The standard InChI is InChI=1S/C13H10N2/c1-10-5-6-13(15-9-10)12-4-2-3-11(7-12)8-14/h2-7,9H,1H3. The Morgan fingerprint density at radius 1 is 1.20 bits per heavy atom. The van der Waals surface area contributed by atoms with E-state index < -0.39 is 0 Å². The molecule has 0 N–H and O–H groups in total. The fourth-order valence-electron chi connectivity index (χ4n) is 1.39. The van der Waals surface area contributed by atoms with Crippen molar-refractivity contribution < 1.29 is 0 Å². The predicted molar refractivity (Wildman–Crippen MR) is 59.1 cm³/mol. The normalized spacial score (nSPS) is 9.60. The lowest BCUT2D eigenvalue weighted by atomic mass is 10.1. The molecule has 0 bridgehead atoms. The minimum absolute atomic E-state index is 0.662. The van der Waals surface area contributed by atoms with E-state index in [1.54, 1.807) is 6.07 Å². The first-order chi connectivity index (χ1) is 7.29. The van der Waals surface area contributed by atoms with Gasteiger partial charge >= 0.3 is 0 Å². The third kappa shape index (κ3) is 2.03. The lowest BCUT2D eigenvalue weighted by Crippen LogP contribution is -1.84. The molecule has 0 saturated carbocycles. The maximum Gasteiger partial charge on any atom is 0.0991 e. The molecule has 1 heterocycles. The van der Waals surface area contributed by atoms with Gasteiger partial charge in [-0.05, 0) is 30.7 Å². The quantitative estimate of drug-likeness (QED) is 0.699. The molecule has 0 unspecified atom stereocenters. The molecule has 15 heavy (non-hydrogen) atoms. The largest absolute Gasteiger partial charge is 0.256 e. The molecule has 0 aliphatic carbocycles. The second-order valence-corrected chi connectivity index (χ2v) is 3.41. The van der Waals surface area contributed by atoms with E-state index in [2.05, 4.69) is 11.1 Å². The average Bonchev–Trinajstić information content (AvgIpc) is 2.30. The van der Waals surface area contributed by atoms with Gasteiger partial charge in [0.15, 0.2) is 0 Å². The van der Waals surface area contributed by atoms with Gasteiger partial charge in [0.1, 0.15) is 0 Å². The van der Waals surface area contributed by atoms with Crippen LogP contribution in [0.4, 0.5) is 0 Å². The van der Waals surface area contributed by atoms with Crippen LogP contribution in [-0.2, 0) is 0 Å². The number of pyridine rings is 1. The van der Waals surface area contributed by atoms with E-state index in [0.29, 0.717) is 5.56 Å². The highest BCUT2D eigenvalue weighted by Gasteiger charge is 1.99. The summed E-state index contributed by atoms with van der Waals surface area (Å²) in [6.07, 6.45) is 1.83. The molecule has 0 atom stereocenters. The zero-order chi connectivity index (χ0) is 10.7. The molecule has 72 valence electrons. The van der Waals surface area contributed by atoms with Gasteiger partial charge in [0.2, 0.25) is 0 Å². The third-order valence-corrected chi connectivity index (χ3v) is 2.20. The molecule has 0 aliphatic rings. The molecule has 2 nitrogen and oxygen atoms in total. The van der Waals surface area contributed by atoms with Crippen molar-refractivity contribution in [2.75, 3.05) is 0 Å². The molecular weight excluding hydrogens is 184 g/mol. The summed E-state index contributed by atoms with van der Waals surface area (Å²) in [6, 6.07) is 13.6. The van der Waals surface area contributed by atoms with Crippen molar-refractivity contribution in [1.29, 1.82) is 5.26 Å². The molecular formula is C13H10N2. The number of benzene rings is 1. The summed E-state index contributed by atoms with van der Waals surface area (Å²) in [5, 5.41) is 8.78. The first-order valence-corrected chi connectivity index (χ1v) is 4.73. The first-order valence-electron chi connectivity index (χ1n) is 4.73. The van der Waals surface area contributed by atoms with Crippen LogP contribution in [0, 0.1) is 18.3 Å². The fourth-order valence-corrected chi connectivity index (χ4v) is 1.39. The summed E-state index contributed by atoms with van der Waals surface area (Å²) in [7, 11) is 0. The Morgan fingerprint density at radius 2 is 2.07 bits per heavy atom. The molecule has 1 aromatic carbocycles. The minimum Gasteiger partial charge on any atom is -0.256 e. The van der Waals surface area contributed by atoms with Gasteiger partial charge in [0, 0.05) is 11.8 Å². The second kappa shape index (κ2) is 3.93. The number of hydrogen-bond acceptors (Lipinski definition) is 2. The lowest BCUT2D eigenvalue weighted by Gasteiger charge is -2.01. The van der Waals surface area contributed by atoms with E-state index in [9.17, 15) is 0 Å². The summed E-state index contributed by atoms with van der Waals surface area (Å²) in [4.78, 5) is 4.31. The second-order valence-electron chi connectivity index (χ2n) is 3.41. The lowest BCUT2D eigenvalue weighted by molar-refractivity contribution is 1.27. The molecule has 2 heteroatoms.